The first-order valence-corrected chi connectivity index (χ1v) is 14.8. The SMILES string of the molecule is O=P(C[C@@H]1CCC[P@@]1c1ccccc1)(C1CCCCC1)C1CCCCC1. The number of rotatable bonds is 5. The molecule has 4 rings (SSSR count). The van der Waals surface area contributed by atoms with Crippen molar-refractivity contribution in [2.45, 2.75) is 94.0 Å². The zero-order valence-corrected chi connectivity index (χ0v) is 18.1. The highest BCUT2D eigenvalue weighted by Gasteiger charge is 2.44. The largest absolute Gasteiger partial charge is 0.323 e. The van der Waals surface area contributed by atoms with E-state index in [0.29, 0.717) is 11.3 Å². The van der Waals surface area contributed by atoms with Gasteiger partial charge < -0.3 is 4.57 Å². The molecule has 1 aromatic carbocycles. The molecular formula is C23H36OP2. The van der Waals surface area contributed by atoms with Gasteiger partial charge in [-0.1, -0.05) is 76.8 Å². The van der Waals surface area contributed by atoms with Crippen LogP contribution in [0.5, 0.6) is 0 Å². The summed E-state index contributed by atoms with van der Waals surface area (Å²) in [6.45, 7) is 0. The summed E-state index contributed by atoms with van der Waals surface area (Å²) in [4.78, 5) is 0. The summed E-state index contributed by atoms with van der Waals surface area (Å²) in [5, 5.41) is 1.57. The number of hydrogen-bond acceptors (Lipinski definition) is 1. The van der Waals surface area contributed by atoms with Gasteiger partial charge in [-0.3, -0.25) is 0 Å². The number of benzene rings is 1. The molecule has 1 saturated heterocycles. The normalized spacial score (nSPS) is 29.1. The lowest BCUT2D eigenvalue weighted by atomic mass is 9.99. The predicted octanol–water partition coefficient (Wildman–Crippen LogP) is 6.98. The Hall–Kier alpha value is -0.120. The molecule has 2 atom stereocenters. The molecule has 1 aliphatic heterocycles. The van der Waals surface area contributed by atoms with E-state index in [4.69, 9.17) is 0 Å². The van der Waals surface area contributed by atoms with Crippen LogP contribution in [0.2, 0.25) is 0 Å². The van der Waals surface area contributed by atoms with E-state index < -0.39 is 7.14 Å². The first-order chi connectivity index (χ1) is 12.8. The van der Waals surface area contributed by atoms with E-state index >= 15 is 0 Å². The van der Waals surface area contributed by atoms with Gasteiger partial charge in [0.25, 0.3) is 0 Å². The monoisotopic (exact) mass is 390 g/mol. The minimum atomic E-state index is -2.06. The van der Waals surface area contributed by atoms with E-state index in [1.165, 1.54) is 83.2 Å². The van der Waals surface area contributed by atoms with Crippen LogP contribution in [0, 0.1) is 0 Å². The molecule has 144 valence electrons. The minimum Gasteiger partial charge on any atom is -0.323 e. The molecule has 26 heavy (non-hydrogen) atoms. The lowest BCUT2D eigenvalue weighted by molar-refractivity contribution is 0.446. The highest BCUT2D eigenvalue weighted by Crippen LogP contribution is 2.66. The van der Waals surface area contributed by atoms with Crippen molar-refractivity contribution >= 4 is 20.4 Å². The fourth-order valence-electron chi connectivity index (χ4n) is 5.95. The molecule has 3 fully saturated rings. The quantitative estimate of drug-likeness (QED) is 0.495. The zero-order valence-electron chi connectivity index (χ0n) is 16.3. The Balaban J connectivity index is 1.56. The average Bonchev–Trinajstić information content (AvgIpc) is 3.18. The molecule has 3 heteroatoms. The van der Waals surface area contributed by atoms with E-state index in [9.17, 15) is 4.57 Å². The molecule has 0 aromatic heterocycles. The molecule has 1 nitrogen and oxygen atoms in total. The van der Waals surface area contributed by atoms with Crippen molar-refractivity contribution in [3.63, 3.8) is 0 Å². The zero-order chi connectivity index (χ0) is 17.8. The molecule has 0 spiro atoms. The molecule has 2 saturated carbocycles. The molecule has 0 bridgehead atoms. The minimum absolute atomic E-state index is 0.0823. The van der Waals surface area contributed by atoms with Gasteiger partial charge in [-0.05, 0) is 55.7 Å². The lowest BCUT2D eigenvalue weighted by Gasteiger charge is -2.40. The van der Waals surface area contributed by atoms with Crippen LogP contribution in [0.3, 0.4) is 0 Å². The lowest BCUT2D eigenvalue weighted by Crippen LogP contribution is -2.28. The maximum atomic E-state index is 14.7. The van der Waals surface area contributed by atoms with Crippen LogP contribution in [0.15, 0.2) is 30.3 Å². The fraction of sp³-hybridized carbons (Fsp3) is 0.739. The van der Waals surface area contributed by atoms with Crippen molar-refractivity contribution in [2.75, 3.05) is 12.3 Å². The molecule has 0 unspecified atom stereocenters. The van der Waals surface area contributed by atoms with E-state index in [1.54, 1.807) is 5.30 Å². The third-order valence-electron chi connectivity index (χ3n) is 7.35. The van der Waals surface area contributed by atoms with Crippen LogP contribution in [0.1, 0.15) is 77.0 Å². The van der Waals surface area contributed by atoms with E-state index in [1.807, 2.05) is 0 Å². The third kappa shape index (κ3) is 4.15. The van der Waals surface area contributed by atoms with Crippen LogP contribution in [0.4, 0.5) is 0 Å². The highest BCUT2D eigenvalue weighted by atomic mass is 31.2. The van der Waals surface area contributed by atoms with Gasteiger partial charge in [-0.25, -0.2) is 0 Å². The Kier molecular flexibility index (Phi) is 6.59. The molecule has 0 N–H and O–H groups in total. The second-order valence-corrected chi connectivity index (χ2v) is 15.1. The summed E-state index contributed by atoms with van der Waals surface area (Å²) in [5.74, 6) is 0. The molecule has 1 aromatic rings. The van der Waals surface area contributed by atoms with Crippen molar-refractivity contribution in [3.8, 4) is 0 Å². The molecule has 2 aliphatic carbocycles. The van der Waals surface area contributed by atoms with Gasteiger partial charge in [0.1, 0.15) is 0 Å². The van der Waals surface area contributed by atoms with E-state index in [-0.39, 0.29) is 7.92 Å². The first kappa shape index (κ1) is 19.2. The van der Waals surface area contributed by atoms with Crippen molar-refractivity contribution in [3.05, 3.63) is 30.3 Å². The van der Waals surface area contributed by atoms with Gasteiger partial charge in [-0.15, -0.1) is 0 Å². The second-order valence-electron chi connectivity index (χ2n) is 8.95. The van der Waals surface area contributed by atoms with Crippen molar-refractivity contribution < 1.29 is 4.57 Å². The summed E-state index contributed by atoms with van der Waals surface area (Å²) in [6.07, 6.45) is 18.3. The predicted molar refractivity (Wildman–Crippen MR) is 117 cm³/mol. The Bertz CT molecular complexity index is 580. The Labute approximate surface area is 161 Å². The van der Waals surface area contributed by atoms with Gasteiger partial charge in [0.2, 0.25) is 0 Å². The van der Waals surface area contributed by atoms with Gasteiger partial charge in [0.15, 0.2) is 0 Å². The maximum Gasteiger partial charge on any atom is 0.0942 e. The topological polar surface area (TPSA) is 17.1 Å². The van der Waals surface area contributed by atoms with Crippen LogP contribution >= 0.6 is 15.1 Å². The van der Waals surface area contributed by atoms with Crippen molar-refractivity contribution in [1.82, 2.24) is 0 Å². The van der Waals surface area contributed by atoms with Crippen LogP contribution < -0.4 is 5.30 Å². The van der Waals surface area contributed by atoms with Gasteiger partial charge in [0.05, 0.1) is 7.14 Å². The summed E-state index contributed by atoms with van der Waals surface area (Å²) >= 11 is 0. The summed E-state index contributed by atoms with van der Waals surface area (Å²) in [5.41, 5.74) is 1.89. The van der Waals surface area contributed by atoms with E-state index in [0.717, 1.165) is 11.8 Å². The molecular weight excluding hydrogens is 354 g/mol. The molecule has 3 aliphatic rings. The summed E-state index contributed by atoms with van der Waals surface area (Å²) in [6, 6.07) is 11.2. The fourth-order valence-corrected chi connectivity index (χ4v) is 14.6. The maximum absolute atomic E-state index is 14.7. The van der Waals surface area contributed by atoms with Crippen molar-refractivity contribution in [2.24, 2.45) is 0 Å². The van der Waals surface area contributed by atoms with E-state index in [2.05, 4.69) is 30.3 Å². The smallest absolute Gasteiger partial charge is 0.0942 e. The average molecular weight is 390 g/mol. The molecule has 1 heterocycles. The Morgan fingerprint density at radius 1 is 0.769 bits per heavy atom. The van der Waals surface area contributed by atoms with Crippen LogP contribution in [0.25, 0.3) is 0 Å². The van der Waals surface area contributed by atoms with Gasteiger partial charge in [-0.2, -0.15) is 0 Å². The Morgan fingerprint density at radius 2 is 1.35 bits per heavy atom. The van der Waals surface area contributed by atoms with Crippen LogP contribution in [-0.2, 0) is 4.57 Å². The molecule has 0 amide bonds. The van der Waals surface area contributed by atoms with Crippen molar-refractivity contribution in [1.29, 1.82) is 0 Å². The van der Waals surface area contributed by atoms with Crippen LogP contribution in [-0.4, -0.2) is 29.3 Å². The number of hydrogen-bond donors (Lipinski definition) is 0. The van der Waals surface area contributed by atoms with Gasteiger partial charge >= 0.3 is 0 Å². The first-order valence-electron chi connectivity index (χ1n) is 11.2. The highest BCUT2D eigenvalue weighted by molar-refractivity contribution is 7.70. The standard InChI is InChI=1S/C23H36OP2/c24-26(22-14-6-2-7-15-22,23-16-8-3-9-17-23)19-21-13-10-18-25(21)20-11-4-1-5-12-20/h1,4-5,11-12,21-23H,2-3,6-10,13-19H2/t21-,25-/m0/s1. The Morgan fingerprint density at radius 3 is 1.92 bits per heavy atom. The molecule has 0 radical (unpaired) electrons. The third-order valence-corrected chi connectivity index (χ3v) is 15.2. The summed E-state index contributed by atoms with van der Waals surface area (Å²) < 4.78 is 14.7. The second kappa shape index (κ2) is 8.92. The van der Waals surface area contributed by atoms with Gasteiger partial charge in [0, 0.05) is 17.5 Å². The summed E-state index contributed by atoms with van der Waals surface area (Å²) in [7, 11) is -2.14.